The van der Waals surface area contributed by atoms with E-state index in [2.05, 4.69) is 32.1 Å². The molecule has 1 heterocycles. The SMILES string of the molecule is CCC1CN(C(=N)CC(N)=NC(CC(C)=NC)=NC)CCN1. The molecule has 1 unspecified atom stereocenters. The molecule has 0 saturated carbocycles. The van der Waals surface area contributed by atoms with Gasteiger partial charge < -0.3 is 16.0 Å². The van der Waals surface area contributed by atoms with Crippen LogP contribution in [0, 0.1) is 5.41 Å². The van der Waals surface area contributed by atoms with Crippen molar-refractivity contribution in [2.75, 3.05) is 33.7 Å². The number of nitrogens with one attached hydrogen (secondary N) is 2. The number of hydrogen-bond acceptors (Lipinski definition) is 4. The van der Waals surface area contributed by atoms with Crippen LogP contribution in [0.3, 0.4) is 0 Å². The lowest BCUT2D eigenvalue weighted by atomic mass is 10.1. The van der Waals surface area contributed by atoms with Crippen LogP contribution in [0.15, 0.2) is 15.0 Å². The first-order chi connectivity index (χ1) is 10.5. The summed E-state index contributed by atoms with van der Waals surface area (Å²) in [6.07, 6.45) is 2.01. The van der Waals surface area contributed by atoms with E-state index in [1.165, 1.54) is 0 Å². The van der Waals surface area contributed by atoms with Crippen molar-refractivity contribution in [1.82, 2.24) is 10.2 Å². The van der Waals surface area contributed by atoms with E-state index < -0.39 is 0 Å². The van der Waals surface area contributed by atoms with Crippen LogP contribution in [0.4, 0.5) is 0 Å². The molecule has 1 saturated heterocycles. The molecule has 0 radical (unpaired) electrons. The minimum absolute atomic E-state index is 0.359. The molecular weight excluding hydrogens is 278 g/mol. The normalized spacial score (nSPS) is 21.2. The van der Waals surface area contributed by atoms with Crippen LogP contribution in [0.1, 0.15) is 33.1 Å². The van der Waals surface area contributed by atoms with E-state index >= 15 is 0 Å². The van der Waals surface area contributed by atoms with Gasteiger partial charge in [-0.1, -0.05) is 6.92 Å². The third kappa shape index (κ3) is 5.93. The number of piperazine rings is 1. The minimum atomic E-state index is 0.359. The molecule has 0 aromatic carbocycles. The van der Waals surface area contributed by atoms with Gasteiger partial charge in [0.25, 0.3) is 0 Å². The number of rotatable bonds is 5. The summed E-state index contributed by atoms with van der Waals surface area (Å²) in [5, 5.41) is 11.7. The van der Waals surface area contributed by atoms with Gasteiger partial charge in [0.05, 0.1) is 6.42 Å². The van der Waals surface area contributed by atoms with Crippen LogP contribution in [0.2, 0.25) is 0 Å². The quantitative estimate of drug-likeness (QED) is 0.519. The van der Waals surface area contributed by atoms with Gasteiger partial charge in [0.15, 0.2) is 0 Å². The van der Waals surface area contributed by atoms with Crippen molar-refractivity contribution in [3.63, 3.8) is 0 Å². The van der Waals surface area contributed by atoms with Gasteiger partial charge in [0.2, 0.25) is 0 Å². The third-order valence-electron chi connectivity index (χ3n) is 3.81. The van der Waals surface area contributed by atoms with Crippen molar-refractivity contribution in [2.45, 2.75) is 39.2 Å². The predicted octanol–water partition coefficient (Wildman–Crippen LogP) is 0.904. The average Bonchev–Trinajstić information content (AvgIpc) is 2.53. The summed E-state index contributed by atoms with van der Waals surface area (Å²) in [4.78, 5) is 14.7. The second kappa shape index (κ2) is 9.30. The molecule has 0 aromatic rings. The molecule has 124 valence electrons. The van der Waals surface area contributed by atoms with Crippen molar-refractivity contribution in [3.8, 4) is 0 Å². The van der Waals surface area contributed by atoms with Crippen LogP contribution in [-0.4, -0.2) is 67.9 Å². The molecule has 4 N–H and O–H groups in total. The molecule has 0 bridgehead atoms. The Balaban J connectivity index is 2.60. The van der Waals surface area contributed by atoms with E-state index in [-0.39, 0.29) is 0 Å². The van der Waals surface area contributed by atoms with E-state index in [0.717, 1.165) is 31.8 Å². The maximum Gasteiger partial charge on any atom is 0.130 e. The van der Waals surface area contributed by atoms with Crippen molar-refractivity contribution in [1.29, 1.82) is 5.41 Å². The van der Waals surface area contributed by atoms with Gasteiger partial charge in [-0.2, -0.15) is 0 Å². The zero-order valence-electron chi connectivity index (χ0n) is 14.2. The summed E-state index contributed by atoms with van der Waals surface area (Å²) < 4.78 is 0. The van der Waals surface area contributed by atoms with E-state index in [9.17, 15) is 0 Å². The highest BCUT2D eigenvalue weighted by Gasteiger charge is 2.20. The molecule has 0 aliphatic carbocycles. The highest BCUT2D eigenvalue weighted by molar-refractivity contribution is 6.10. The summed E-state index contributed by atoms with van der Waals surface area (Å²) in [6.45, 7) is 6.70. The zero-order chi connectivity index (χ0) is 16.5. The van der Waals surface area contributed by atoms with Crippen LogP contribution in [0.25, 0.3) is 0 Å². The van der Waals surface area contributed by atoms with Crippen LogP contribution in [-0.2, 0) is 0 Å². The average molecular weight is 307 g/mol. The molecule has 1 aliphatic rings. The van der Waals surface area contributed by atoms with Crippen molar-refractivity contribution in [3.05, 3.63) is 0 Å². The lowest BCUT2D eigenvalue weighted by Gasteiger charge is -2.34. The first-order valence-corrected chi connectivity index (χ1v) is 7.76. The summed E-state index contributed by atoms with van der Waals surface area (Å²) in [6, 6.07) is 0.448. The van der Waals surface area contributed by atoms with Crippen LogP contribution in [0.5, 0.6) is 0 Å². The number of nitrogens with two attached hydrogens (primary N) is 1. The first-order valence-electron chi connectivity index (χ1n) is 7.76. The summed E-state index contributed by atoms with van der Waals surface area (Å²) in [5.41, 5.74) is 6.95. The molecule has 22 heavy (non-hydrogen) atoms. The maximum absolute atomic E-state index is 8.23. The second-order valence-electron chi connectivity index (χ2n) is 5.51. The van der Waals surface area contributed by atoms with Crippen molar-refractivity contribution >= 4 is 23.2 Å². The minimum Gasteiger partial charge on any atom is -0.387 e. The van der Waals surface area contributed by atoms with Gasteiger partial charge in [-0.05, 0) is 13.3 Å². The smallest absolute Gasteiger partial charge is 0.130 e. The second-order valence-corrected chi connectivity index (χ2v) is 5.51. The Hall–Kier alpha value is -1.76. The molecule has 1 rings (SSSR count). The fourth-order valence-corrected chi connectivity index (χ4v) is 2.31. The first kappa shape index (κ1) is 18.3. The Morgan fingerprint density at radius 3 is 2.64 bits per heavy atom. The highest BCUT2D eigenvalue weighted by atomic mass is 15.2. The van der Waals surface area contributed by atoms with Gasteiger partial charge in [0.1, 0.15) is 17.5 Å². The number of aliphatic imine (C=N–C) groups is 3. The predicted molar refractivity (Wildman–Crippen MR) is 94.6 cm³/mol. The van der Waals surface area contributed by atoms with E-state index in [0.29, 0.717) is 36.4 Å². The molecule has 7 nitrogen and oxygen atoms in total. The molecule has 0 spiro atoms. The summed E-state index contributed by atoms with van der Waals surface area (Å²) in [7, 11) is 3.45. The summed E-state index contributed by atoms with van der Waals surface area (Å²) >= 11 is 0. The standard InChI is InChI=1S/C15H29N7/c1-5-12-10-22(7-6-20-12)14(17)9-13(16)21-15(19-4)8-11(2)18-3/h12,17,20H,5-10H2,1-4H3,(H2,16,19,21). The Labute approximate surface area is 133 Å². The van der Waals surface area contributed by atoms with Gasteiger partial charge in [-0.15, -0.1) is 0 Å². The van der Waals surface area contributed by atoms with Gasteiger partial charge >= 0.3 is 0 Å². The molecule has 1 fully saturated rings. The third-order valence-corrected chi connectivity index (χ3v) is 3.81. The van der Waals surface area contributed by atoms with Crippen molar-refractivity contribution in [2.24, 2.45) is 20.7 Å². The Bertz CT molecular complexity index is 465. The zero-order valence-corrected chi connectivity index (χ0v) is 14.2. The van der Waals surface area contributed by atoms with Crippen LogP contribution >= 0.6 is 0 Å². The Kier molecular flexibility index (Phi) is 7.73. The van der Waals surface area contributed by atoms with Gasteiger partial charge in [-0.25, -0.2) is 4.99 Å². The Morgan fingerprint density at radius 2 is 2.05 bits per heavy atom. The lowest BCUT2D eigenvalue weighted by Crippen LogP contribution is -2.52. The topological polar surface area (TPSA) is 102 Å². The monoisotopic (exact) mass is 307 g/mol. The molecule has 1 atom stereocenters. The number of amidine groups is 3. The number of nitrogens with zero attached hydrogens (tertiary/aromatic N) is 4. The fraction of sp³-hybridized carbons (Fsp3) is 0.733. The van der Waals surface area contributed by atoms with E-state index in [1.807, 2.05) is 6.92 Å². The molecular formula is C15H29N7. The van der Waals surface area contributed by atoms with E-state index in [1.54, 1.807) is 14.1 Å². The summed E-state index contributed by atoms with van der Waals surface area (Å²) in [5.74, 6) is 1.61. The van der Waals surface area contributed by atoms with Crippen molar-refractivity contribution < 1.29 is 0 Å². The number of hydrogen-bond donors (Lipinski definition) is 3. The maximum atomic E-state index is 8.23. The highest BCUT2D eigenvalue weighted by Crippen LogP contribution is 2.05. The molecule has 7 heteroatoms. The Morgan fingerprint density at radius 1 is 1.32 bits per heavy atom. The molecule has 0 aromatic heterocycles. The molecule has 1 aliphatic heterocycles. The van der Waals surface area contributed by atoms with Gasteiger partial charge in [0, 0.05) is 51.9 Å². The largest absolute Gasteiger partial charge is 0.387 e. The lowest BCUT2D eigenvalue weighted by molar-refractivity contribution is 0.283. The van der Waals surface area contributed by atoms with E-state index in [4.69, 9.17) is 11.1 Å². The van der Waals surface area contributed by atoms with Gasteiger partial charge in [-0.3, -0.25) is 15.4 Å². The van der Waals surface area contributed by atoms with Crippen LogP contribution < -0.4 is 11.1 Å². The fourth-order valence-electron chi connectivity index (χ4n) is 2.31. The molecule has 0 amide bonds.